The Morgan fingerprint density at radius 3 is 2.36 bits per heavy atom. The summed E-state index contributed by atoms with van der Waals surface area (Å²) in [5.74, 6) is 1.45. The first-order chi connectivity index (χ1) is 16.0. The molecule has 1 atom stereocenters. The minimum Gasteiger partial charge on any atom is -0.493 e. The van der Waals surface area contributed by atoms with Crippen molar-refractivity contribution in [3.05, 3.63) is 77.9 Å². The van der Waals surface area contributed by atoms with Gasteiger partial charge in [0.25, 0.3) is 15.9 Å². The van der Waals surface area contributed by atoms with Crippen LogP contribution in [0.25, 0.3) is 0 Å². The molecule has 3 aromatic carbocycles. The molecule has 0 saturated heterocycles. The minimum absolute atomic E-state index is 0.0618. The molecule has 3 aromatic rings. The first kappa shape index (κ1) is 21.1. The number of carbonyl (C=O) groups excluding carboxylic acids is 1. The Morgan fingerprint density at radius 1 is 0.818 bits per heavy atom. The zero-order chi connectivity index (χ0) is 22.8. The molecule has 0 fully saturated rings. The number of hydrogen-bond acceptors (Lipinski definition) is 6. The zero-order valence-corrected chi connectivity index (χ0v) is 18.4. The SMILES string of the molecule is O=C(NC1CCOc2ccccc21)c1ccc(NS(=O)(=O)c2ccc3c(c2)OCCO3)cc1. The van der Waals surface area contributed by atoms with E-state index in [4.69, 9.17) is 14.2 Å². The molecule has 2 N–H and O–H groups in total. The van der Waals surface area contributed by atoms with Gasteiger partial charge in [-0.05, 0) is 42.5 Å². The Labute approximate surface area is 191 Å². The second-order valence-corrected chi connectivity index (χ2v) is 9.37. The number of sulfonamides is 1. The van der Waals surface area contributed by atoms with Gasteiger partial charge in [-0.15, -0.1) is 0 Å². The predicted molar refractivity (Wildman–Crippen MR) is 121 cm³/mol. The molecular weight excluding hydrogens is 444 g/mol. The van der Waals surface area contributed by atoms with Crippen molar-refractivity contribution in [3.63, 3.8) is 0 Å². The summed E-state index contributed by atoms with van der Waals surface area (Å²) in [5.41, 5.74) is 1.72. The largest absolute Gasteiger partial charge is 0.493 e. The average molecular weight is 467 g/mol. The lowest BCUT2D eigenvalue weighted by atomic mass is 10.00. The Hall–Kier alpha value is -3.72. The summed E-state index contributed by atoms with van der Waals surface area (Å²) in [6, 6.07) is 18.2. The number of fused-ring (bicyclic) bond motifs is 2. The third-order valence-corrected chi connectivity index (χ3v) is 6.87. The van der Waals surface area contributed by atoms with Gasteiger partial charge in [0.15, 0.2) is 11.5 Å². The number of ether oxygens (including phenoxy) is 3. The predicted octanol–water partition coefficient (Wildman–Crippen LogP) is 3.51. The molecule has 5 rings (SSSR count). The van der Waals surface area contributed by atoms with Gasteiger partial charge in [0, 0.05) is 29.3 Å². The minimum atomic E-state index is -3.84. The van der Waals surface area contributed by atoms with Gasteiger partial charge in [0.05, 0.1) is 17.5 Å². The van der Waals surface area contributed by atoms with Gasteiger partial charge in [-0.25, -0.2) is 8.42 Å². The van der Waals surface area contributed by atoms with Crippen molar-refractivity contribution >= 4 is 21.6 Å². The van der Waals surface area contributed by atoms with Crippen LogP contribution in [-0.2, 0) is 10.0 Å². The number of rotatable bonds is 5. The molecule has 0 spiro atoms. The van der Waals surface area contributed by atoms with Gasteiger partial charge in [0.1, 0.15) is 19.0 Å². The molecule has 1 unspecified atom stereocenters. The van der Waals surface area contributed by atoms with E-state index in [1.807, 2.05) is 24.3 Å². The first-order valence-electron chi connectivity index (χ1n) is 10.5. The molecule has 0 aliphatic carbocycles. The van der Waals surface area contributed by atoms with E-state index in [0.717, 1.165) is 11.3 Å². The lowest BCUT2D eigenvalue weighted by Crippen LogP contribution is -2.32. The van der Waals surface area contributed by atoms with E-state index >= 15 is 0 Å². The van der Waals surface area contributed by atoms with Crippen LogP contribution in [-0.4, -0.2) is 34.1 Å². The summed E-state index contributed by atoms with van der Waals surface area (Å²) < 4.78 is 44.6. The third-order valence-electron chi connectivity index (χ3n) is 5.49. The van der Waals surface area contributed by atoms with Crippen molar-refractivity contribution in [1.29, 1.82) is 0 Å². The fourth-order valence-corrected chi connectivity index (χ4v) is 4.90. The van der Waals surface area contributed by atoms with E-state index < -0.39 is 10.0 Å². The Balaban J connectivity index is 1.27. The highest BCUT2D eigenvalue weighted by Gasteiger charge is 2.23. The number of amides is 1. The highest BCUT2D eigenvalue weighted by Crippen LogP contribution is 2.33. The smallest absolute Gasteiger partial charge is 0.262 e. The summed E-state index contributed by atoms with van der Waals surface area (Å²) in [6.45, 7) is 1.33. The molecule has 2 heterocycles. The van der Waals surface area contributed by atoms with Gasteiger partial charge >= 0.3 is 0 Å². The first-order valence-corrected chi connectivity index (χ1v) is 12.0. The van der Waals surface area contributed by atoms with Crippen LogP contribution in [0.4, 0.5) is 5.69 Å². The Morgan fingerprint density at radius 2 is 1.55 bits per heavy atom. The number of nitrogens with one attached hydrogen (secondary N) is 2. The Kier molecular flexibility index (Phi) is 5.55. The fraction of sp³-hybridized carbons (Fsp3) is 0.208. The van der Waals surface area contributed by atoms with Crippen LogP contribution in [0.3, 0.4) is 0 Å². The molecule has 0 aromatic heterocycles. The van der Waals surface area contributed by atoms with Gasteiger partial charge in [0.2, 0.25) is 0 Å². The molecule has 2 aliphatic rings. The zero-order valence-electron chi connectivity index (χ0n) is 17.6. The molecule has 8 nitrogen and oxygen atoms in total. The third kappa shape index (κ3) is 4.45. The summed E-state index contributed by atoms with van der Waals surface area (Å²) in [6.07, 6.45) is 0.677. The number of para-hydroxylation sites is 1. The maximum absolute atomic E-state index is 12.8. The maximum atomic E-state index is 12.8. The van der Waals surface area contributed by atoms with Crippen LogP contribution < -0.4 is 24.2 Å². The molecule has 170 valence electrons. The molecule has 33 heavy (non-hydrogen) atoms. The molecule has 0 radical (unpaired) electrons. The molecule has 9 heteroatoms. The Bertz CT molecular complexity index is 1290. The van der Waals surface area contributed by atoms with E-state index in [9.17, 15) is 13.2 Å². The van der Waals surface area contributed by atoms with E-state index in [2.05, 4.69) is 10.0 Å². The second-order valence-electron chi connectivity index (χ2n) is 7.69. The van der Waals surface area contributed by atoms with Crippen LogP contribution in [0.5, 0.6) is 17.2 Å². The van der Waals surface area contributed by atoms with Crippen LogP contribution in [0, 0.1) is 0 Å². The lowest BCUT2D eigenvalue weighted by Gasteiger charge is -2.26. The van der Waals surface area contributed by atoms with Crippen molar-refractivity contribution in [2.24, 2.45) is 0 Å². The summed E-state index contributed by atoms with van der Waals surface area (Å²) in [5, 5.41) is 3.03. The van der Waals surface area contributed by atoms with E-state index in [1.54, 1.807) is 30.3 Å². The van der Waals surface area contributed by atoms with Gasteiger partial charge in [-0.1, -0.05) is 18.2 Å². The van der Waals surface area contributed by atoms with Crippen molar-refractivity contribution < 1.29 is 27.4 Å². The van der Waals surface area contributed by atoms with Crippen molar-refractivity contribution in [3.8, 4) is 17.2 Å². The maximum Gasteiger partial charge on any atom is 0.262 e. The van der Waals surface area contributed by atoms with Gasteiger partial charge in [-0.2, -0.15) is 0 Å². The molecule has 1 amide bonds. The molecule has 0 saturated carbocycles. The number of carbonyl (C=O) groups is 1. The van der Waals surface area contributed by atoms with Gasteiger partial charge < -0.3 is 19.5 Å². The fourth-order valence-electron chi connectivity index (χ4n) is 3.83. The van der Waals surface area contributed by atoms with Gasteiger partial charge in [-0.3, -0.25) is 9.52 Å². The molecule has 2 aliphatic heterocycles. The highest BCUT2D eigenvalue weighted by atomic mass is 32.2. The standard InChI is InChI=1S/C24H22N2O6S/c27-24(25-20-11-12-30-21-4-2-1-3-19(20)21)16-5-7-17(8-6-16)26-33(28,29)18-9-10-22-23(15-18)32-14-13-31-22/h1-10,15,20,26H,11-14H2,(H,25,27). The van der Waals surface area contributed by atoms with Crippen molar-refractivity contribution in [1.82, 2.24) is 5.32 Å². The van der Waals surface area contributed by atoms with Crippen molar-refractivity contribution in [2.45, 2.75) is 17.4 Å². The topological polar surface area (TPSA) is 103 Å². The summed E-state index contributed by atoms with van der Waals surface area (Å²) in [4.78, 5) is 12.8. The summed E-state index contributed by atoms with van der Waals surface area (Å²) in [7, 11) is -3.84. The molecular formula is C24H22N2O6S. The normalized spacial score (nSPS) is 16.8. The van der Waals surface area contributed by atoms with Crippen LogP contribution in [0.1, 0.15) is 28.4 Å². The number of hydrogen-bond donors (Lipinski definition) is 2. The van der Waals surface area contributed by atoms with Crippen LogP contribution in [0.15, 0.2) is 71.6 Å². The highest BCUT2D eigenvalue weighted by molar-refractivity contribution is 7.92. The number of benzene rings is 3. The average Bonchev–Trinajstić information content (AvgIpc) is 2.84. The van der Waals surface area contributed by atoms with E-state index in [1.165, 1.54) is 12.1 Å². The summed E-state index contributed by atoms with van der Waals surface area (Å²) >= 11 is 0. The van der Waals surface area contributed by atoms with Crippen molar-refractivity contribution in [2.75, 3.05) is 24.5 Å². The van der Waals surface area contributed by atoms with Crippen LogP contribution in [0.2, 0.25) is 0 Å². The monoisotopic (exact) mass is 466 g/mol. The molecule has 0 bridgehead atoms. The second kappa shape index (κ2) is 8.67. The van der Waals surface area contributed by atoms with Crippen LogP contribution >= 0.6 is 0 Å². The van der Waals surface area contributed by atoms with E-state index in [0.29, 0.717) is 49.0 Å². The quantitative estimate of drug-likeness (QED) is 0.597. The lowest BCUT2D eigenvalue weighted by molar-refractivity contribution is 0.0925. The van der Waals surface area contributed by atoms with E-state index in [-0.39, 0.29) is 16.8 Å². The number of anilines is 1.